The zero-order valence-corrected chi connectivity index (χ0v) is 24.7. The van der Waals surface area contributed by atoms with Gasteiger partial charge in [0.25, 0.3) is 0 Å². The minimum Gasteiger partial charge on any atom is -0.469 e. The number of benzene rings is 2. The van der Waals surface area contributed by atoms with Crippen molar-refractivity contribution in [2.45, 2.75) is 46.6 Å². The van der Waals surface area contributed by atoms with Gasteiger partial charge in [-0.1, -0.05) is 52.0 Å². The van der Waals surface area contributed by atoms with E-state index in [4.69, 9.17) is 9.47 Å². The number of nitrogens with one attached hydrogen (secondary N) is 3. The fourth-order valence-corrected chi connectivity index (χ4v) is 4.94. The second-order valence-corrected chi connectivity index (χ2v) is 10.7. The second kappa shape index (κ2) is 14.0. The summed E-state index contributed by atoms with van der Waals surface area (Å²) in [5.74, 6) is -3.41. The van der Waals surface area contributed by atoms with Crippen LogP contribution in [-0.2, 0) is 28.7 Å². The van der Waals surface area contributed by atoms with E-state index in [0.29, 0.717) is 0 Å². The van der Waals surface area contributed by atoms with Crippen LogP contribution in [0, 0.1) is 17.8 Å². The lowest BCUT2D eigenvalue weighted by Crippen LogP contribution is -2.45. The number of amides is 2. The van der Waals surface area contributed by atoms with Crippen LogP contribution in [0.15, 0.2) is 36.4 Å². The Morgan fingerprint density at radius 1 is 0.714 bits per heavy atom. The SMILES string of the molecule is COC(=O)[C@@H](CCC(=O)Nc1cccc2c1C(=O)c1cccc(NC(=O)CN[C@H](C(=O)OC)C(C)C)c1C2=O)C(C)C. The Kier molecular flexibility index (Phi) is 10.7. The van der Waals surface area contributed by atoms with Crippen molar-refractivity contribution in [3.05, 3.63) is 58.7 Å². The fraction of sp³-hybridized carbons (Fsp3) is 0.419. The van der Waals surface area contributed by atoms with Crippen LogP contribution in [0.4, 0.5) is 11.4 Å². The molecule has 0 heterocycles. The predicted molar refractivity (Wildman–Crippen MR) is 155 cm³/mol. The largest absolute Gasteiger partial charge is 0.469 e. The maximum Gasteiger partial charge on any atom is 0.323 e. The molecule has 0 radical (unpaired) electrons. The monoisotopic (exact) mass is 579 g/mol. The van der Waals surface area contributed by atoms with Gasteiger partial charge >= 0.3 is 11.9 Å². The number of rotatable bonds is 12. The molecule has 224 valence electrons. The van der Waals surface area contributed by atoms with Crippen molar-refractivity contribution in [3.8, 4) is 0 Å². The molecule has 0 saturated heterocycles. The van der Waals surface area contributed by atoms with Gasteiger partial charge in [-0.2, -0.15) is 0 Å². The van der Waals surface area contributed by atoms with Gasteiger partial charge in [0.05, 0.1) is 49.2 Å². The van der Waals surface area contributed by atoms with Gasteiger partial charge < -0.3 is 20.1 Å². The molecule has 1 aliphatic rings. The number of carbonyl (C=O) groups is 6. The average molecular weight is 580 g/mol. The molecule has 0 saturated carbocycles. The first-order valence-electron chi connectivity index (χ1n) is 13.7. The highest BCUT2D eigenvalue weighted by Crippen LogP contribution is 2.35. The zero-order valence-electron chi connectivity index (χ0n) is 24.7. The normalized spacial score (nSPS) is 13.6. The van der Waals surface area contributed by atoms with Gasteiger partial charge in [-0.3, -0.25) is 34.1 Å². The molecule has 0 spiro atoms. The highest BCUT2D eigenvalue weighted by Gasteiger charge is 2.34. The van der Waals surface area contributed by atoms with Gasteiger partial charge in [-0.05, 0) is 30.4 Å². The number of ketones is 2. The van der Waals surface area contributed by atoms with E-state index in [9.17, 15) is 28.8 Å². The molecule has 2 aromatic carbocycles. The van der Waals surface area contributed by atoms with Crippen LogP contribution >= 0.6 is 0 Å². The van der Waals surface area contributed by atoms with Gasteiger partial charge in [0, 0.05) is 17.5 Å². The molecule has 2 amide bonds. The van der Waals surface area contributed by atoms with Crippen LogP contribution in [0.25, 0.3) is 0 Å². The minimum absolute atomic E-state index is 0.0121. The van der Waals surface area contributed by atoms with Gasteiger partial charge in [0.1, 0.15) is 6.04 Å². The summed E-state index contributed by atoms with van der Waals surface area (Å²) < 4.78 is 9.62. The highest BCUT2D eigenvalue weighted by atomic mass is 16.5. The molecule has 2 atom stereocenters. The molecule has 0 aliphatic heterocycles. The molecule has 0 aromatic heterocycles. The van der Waals surface area contributed by atoms with Crippen molar-refractivity contribution in [3.63, 3.8) is 0 Å². The number of hydrogen-bond acceptors (Lipinski definition) is 9. The number of ether oxygens (including phenoxy) is 2. The molecule has 11 nitrogen and oxygen atoms in total. The maximum absolute atomic E-state index is 13.6. The Bertz CT molecular complexity index is 1290. The summed E-state index contributed by atoms with van der Waals surface area (Å²) in [5.41, 5.74) is 0.601. The van der Waals surface area contributed by atoms with Crippen LogP contribution in [0.3, 0.4) is 0 Å². The van der Waals surface area contributed by atoms with E-state index in [1.54, 1.807) is 12.1 Å². The number of anilines is 2. The Balaban J connectivity index is 1.80. The topological polar surface area (TPSA) is 157 Å². The smallest absolute Gasteiger partial charge is 0.323 e. The Morgan fingerprint density at radius 3 is 1.67 bits per heavy atom. The van der Waals surface area contributed by atoms with Crippen LogP contribution in [0.1, 0.15) is 72.4 Å². The van der Waals surface area contributed by atoms with E-state index in [2.05, 4.69) is 16.0 Å². The predicted octanol–water partition coefficient (Wildman–Crippen LogP) is 3.35. The second-order valence-electron chi connectivity index (χ2n) is 10.7. The lowest BCUT2D eigenvalue weighted by Gasteiger charge is -2.23. The van der Waals surface area contributed by atoms with Gasteiger partial charge in [-0.15, -0.1) is 0 Å². The fourth-order valence-electron chi connectivity index (χ4n) is 4.94. The molecule has 11 heteroatoms. The van der Waals surface area contributed by atoms with E-state index in [-0.39, 0.29) is 64.9 Å². The van der Waals surface area contributed by atoms with E-state index < -0.39 is 47.3 Å². The Hall–Kier alpha value is -4.38. The molecular weight excluding hydrogens is 542 g/mol. The lowest BCUT2D eigenvalue weighted by molar-refractivity contribution is -0.147. The van der Waals surface area contributed by atoms with E-state index >= 15 is 0 Å². The highest BCUT2D eigenvalue weighted by molar-refractivity contribution is 6.32. The van der Waals surface area contributed by atoms with Gasteiger partial charge in [0.2, 0.25) is 11.8 Å². The first-order valence-corrected chi connectivity index (χ1v) is 13.7. The maximum atomic E-state index is 13.6. The van der Waals surface area contributed by atoms with Crippen molar-refractivity contribution in [1.82, 2.24) is 5.32 Å². The Labute approximate surface area is 244 Å². The van der Waals surface area contributed by atoms with Crippen LogP contribution in [0.2, 0.25) is 0 Å². The van der Waals surface area contributed by atoms with Crippen molar-refractivity contribution in [2.75, 3.05) is 31.4 Å². The van der Waals surface area contributed by atoms with Crippen LogP contribution in [-0.4, -0.2) is 62.1 Å². The average Bonchev–Trinajstić information content (AvgIpc) is 2.95. The molecule has 1 aliphatic carbocycles. The summed E-state index contributed by atoms with van der Waals surface area (Å²) in [6.45, 7) is 7.12. The quantitative estimate of drug-likeness (QED) is 0.274. The third-order valence-electron chi connectivity index (χ3n) is 7.22. The molecule has 2 aromatic rings. The number of hydrogen-bond donors (Lipinski definition) is 3. The van der Waals surface area contributed by atoms with E-state index in [1.165, 1.54) is 38.5 Å². The van der Waals surface area contributed by atoms with Gasteiger partial charge in [0.15, 0.2) is 11.6 Å². The zero-order chi connectivity index (χ0) is 31.1. The van der Waals surface area contributed by atoms with Crippen LogP contribution in [0.5, 0.6) is 0 Å². The standard InChI is InChI=1S/C31H37N3O8/c1-16(2)18(30(39)41-5)13-14-23(35)33-21-11-7-9-19-25(21)28(37)20-10-8-12-22(26(20)29(19)38)34-24(36)15-32-27(17(3)4)31(40)42-6/h7-12,16-18,27,32H,13-15H2,1-6H3,(H,33,35)(H,34,36)/t18-,27-/m0/s1. The summed E-state index contributed by atoms with van der Waals surface area (Å²) >= 11 is 0. The van der Waals surface area contributed by atoms with E-state index in [0.717, 1.165) is 0 Å². The molecule has 3 rings (SSSR count). The van der Waals surface area contributed by atoms with E-state index in [1.807, 2.05) is 27.7 Å². The molecular formula is C31H37N3O8. The Morgan fingerprint density at radius 2 is 1.21 bits per heavy atom. The number of fused-ring (bicyclic) bond motifs is 2. The molecule has 3 N–H and O–H groups in total. The van der Waals surface area contributed by atoms with Crippen molar-refractivity contribution in [2.24, 2.45) is 17.8 Å². The first-order chi connectivity index (χ1) is 19.9. The first kappa shape index (κ1) is 32.1. The number of carbonyl (C=O) groups excluding carboxylic acids is 6. The minimum atomic E-state index is -0.703. The van der Waals surface area contributed by atoms with Crippen molar-refractivity contribution in [1.29, 1.82) is 0 Å². The number of esters is 2. The summed E-state index contributed by atoms with van der Waals surface area (Å²) in [5, 5.41) is 8.25. The lowest BCUT2D eigenvalue weighted by atomic mass is 9.82. The molecule has 0 bridgehead atoms. The molecule has 0 unspecified atom stereocenters. The van der Waals surface area contributed by atoms with Crippen molar-refractivity contribution >= 4 is 46.7 Å². The van der Waals surface area contributed by atoms with Gasteiger partial charge in [-0.25, -0.2) is 0 Å². The van der Waals surface area contributed by atoms with Crippen molar-refractivity contribution < 1.29 is 38.2 Å². The molecule has 42 heavy (non-hydrogen) atoms. The summed E-state index contributed by atoms with van der Waals surface area (Å²) in [6.07, 6.45) is 0.272. The summed E-state index contributed by atoms with van der Waals surface area (Å²) in [4.78, 5) is 76.9. The molecule has 0 fully saturated rings. The third-order valence-corrected chi connectivity index (χ3v) is 7.22. The van der Waals surface area contributed by atoms with Crippen LogP contribution < -0.4 is 16.0 Å². The summed E-state index contributed by atoms with van der Waals surface area (Å²) in [7, 11) is 2.57. The third kappa shape index (κ3) is 7.09. The number of methoxy groups -OCH3 is 2. The summed E-state index contributed by atoms with van der Waals surface area (Å²) in [6, 6.07) is 8.43.